The van der Waals surface area contributed by atoms with Crippen molar-refractivity contribution >= 4 is 34.3 Å². The molecule has 0 unspecified atom stereocenters. The Hall–Kier alpha value is -2.09. The standard InChI is InChI=1S/C18H26N2O5S/c1-10(2)8-12-9-26-15(14(12)17(23)25-3)20-18(24)19-13-6-4-11(5-7-13)16(21)22/h9-11,13H,4-8H2,1-3H3,(H,21,22)(H2,19,20,24). The number of carbonyl (C=O) groups is 3. The van der Waals surface area contributed by atoms with Crippen molar-refractivity contribution in [2.45, 2.75) is 52.0 Å². The third-order valence-corrected chi connectivity index (χ3v) is 5.47. The molecule has 1 aliphatic carbocycles. The number of thiophene rings is 1. The molecule has 0 aromatic carbocycles. The summed E-state index contributed by atoms with van der Waals surface area (Å²) >= 11 is 1.31. The number of carboxylic acid groups (broad SMARTS) is 1. The first-order valence-corrected chi connectivity index (χ1v) is 9.68. The monoisotopic (exact) mass is 382 g/mol. The number of nitrogens with one attached hydrogen (secondary N) is 2. The Bertz CT molecular complexity index is 663. The van der Waals surface area contributed by atoms with Crippen LogP contribution >= 0.6 is 11.3 Å². The topological polar surface area (TPSA) is 105 Å². The van der Waals surface area contributed by atoms with Crippen LogP contribution in [0.4, 0.5) is 9.80 Å². The van der Waals surface area contributed by atoms with Crippen LogP contribution in [0.15, 0.2) is 5.38 Å². The molecule has 26 heavy (non-hydrogen) atoms. The molecule has 0 atom stereocenters. The van der Waals surface area contributed by atoms with E-state index < -0.39 is 11.9 Å². The van der Waals surface area contributed by atoms with Crippen LogP contribution in [-0.2, 0) is 16.0 Å². The van der Waals surface area contributed by atoms with Gasteiger partial charge in [0.05, 0.1) is 18.6 Å². The van der Waals surface area contributed by atoms with Gasteiger partial charge < -0.3 is 15.2 Å². The number of carbonyl (C=O) groups excluding carboxylic acids is 2. The predicted octanol–water partition coefficient (Wildman–Crippen LogP) is 3.50. The fraction of sp³-hybridized carbons (Fsp3) is 0.611. The van der Waals surface area contributed by atoms with Crippen LogP contribution in [0.5, 0.6) is 0 Å². The zero-order valence-electron chi connectivity index (χ0n) is 15.3. The molecule has 2 rings (SSSR count). The number of ether oxygens (including phenoxy) is 1. The summed E-state index contributed by atoms with van der Waals surface area (Å²) in [6.45, 7) is 4.12. The van der Waals surface area contributed by atoms with Gasteiger partial charge in [0.1, 0.15) is 5.00 Å². The average molecular weight is 382 g/mol. The van der Waals surface area contributed by atoms with E-state index in [-0.39, 0.29) is 18.0 Å². The lowest BCUT2D eigenvalue weighted by Crippen LogP contribution is -2.41. The number of rotatable bonds is 6. The smallest absolute Gasteiger partial charge is 0.341 e. The van der Waals surface area contributed by atoms with Crippen molar-refractivity contribution in [2.75, 3.05) is 12.4 Å². The number of hydrogen-bond donors (Lipinski definition) is 3. The minimum absolute atomic E-state index is 0.0535. The highest BCUT2D eigenvalue weighted by Crippen LogP contribution is 2.31. The van der Waals surface area contributed by atoms with Crippen LogP contribution in [0.3, 0.4) is 0 Å². The van der Waals surface area contributed by atoms with E-state index in [1.807, 2.05) is 5.38 Å². The second-order valence-corrected chi connectivity index (χ2v) is 7.92. The zero-order chi connectivity index (χ0) is 19.3. The van der Waals surface area contributed by atoms with Gasteiger partial charge in [0.15, 0.2) is 0 Å². The van der Waals surface area contributed by atoms with Crippen LogP contribution in [0.1, 0.15) is 55.5 Å². The molecule has 1 aromatic rings. The van der Waals surface area contributed by atoms with Crippen molar-refractivity contribution < 1.29 is 24.2 Å². The van der Waals surface area contributed by atoms with E-state index in [2.05, 4.69) is 24.5 Å². The first-order valence-electron chi connectivity index (χ1n) is 8.80. The second-order valence-electron chi connectivity index (χ2n) is 7.04. The molecule has 2 amide bonds. The summed E-state index contributed by atoms with van der Waals surface area (Å²) in [6, 6.07) is -0.436. The zero-order valence-corrected chi connectivity index (χ0v) is 16.1. The Balaban J connectivity index is 1.99. The molecule has 7 nitrogen and oxygen atoms in total. The van der Waals surface area contributed by atoms with Crippen LogP contribution in [0.25, 0.3) is 0 Å². The van der Waals surface area contributed by atoms with E-state index in [0.717, 1.165) is 12.0 Å². The number of carboxylic acids is 1. The minimum atomic E-state index is -0.771. The molecule has 3 N–H and O–H groups in total. The molecule has 1 aromatic heterocycles. The molecule has 1 saturated carbocycles. The lowest BCUT2D eigenvalue weighted by Gasteiger charge is -2.26. The van der Waals surface area contributed by atoms with Gasteiger partial charge in [-0.25, -0.2) is 9.59 Å². The fourth-order valence-corrected chi connectivity index (χ4v) is 4.17. The van der Waals surface area contributed by atoms with Crippen LogP contribution in [-0.4, -0.2) is 36.2 Å². The number of amides is 2. The molecule has 0 spiro atoms. The SMILES string of the molecule is COC(=O)c1c(CC(C)C)csc1NC(=O)NC1CCC(C(=O)O)CC1. The summed E-state index contributed by atoms with van der Waals surface area (Å²) in [5.74, 6) is -1.18. The Morgan fingerprint density at radius 1 is 1.27 bits per heavy atom. The number of aliphatic carboxylic acids is 1. The summed E-state index contributed by atoms with van der Waals surface area (Å²) in [6.07, 6.45) is 3.12. The fourth-order valence-electron chi connectivity index (χ4n) is 3.21. The summed E-state index contributed by atoms with van der Waals surface area (Å²) in [7, 11) is 1.32. The molecule has 144 valence electrons. The maximum atomic E-state index is 12.3. The highest BCUT2D eigenvalue weighted by molar-refractivity contribution is 7.15. The molecule has 1 aliphatic rings. The minimum Gasteiger partial charge on any atom is -0.481 e. The number of urea groups is 1. The number of anilines is 1. The van der Waals surface area contributed by atoms with Gasteiger partial charge in [0.2, 0.25) is 0 Å². The highest BCUT2D eigenvalue weighted by Gasteiger charge is 2.27. The Morgan fingerprint density at radius 3 is 2.46 bits per heavy atom. The second kappa shape index (κ2) is 9.02. The van der Waals surface area contributed by atoms with Gasteiger partial charge >= 0.3 is 18.0 Å². The summed E-state index contributed by atoms with van der Waals surface area (Å²) in [5.41, 5.74) is 1.28. The third kappa shape index (κ3) is 5.20. The first-order chi connectivity index (χ1) is 12.3. The van der Waals surface area contributed by atoms with Crippen LogP contribution < -0.4 is 10.6 Å². The Kier molecular flexibility index (Phi) is 7.02. The average Bonchev–Trinajstić information content (AvgIpc) is 2.96. The normalized spacial score (nSPS) is 19.8. The van der Waals surface area contributed by atoms with Gasteiger partial charge in [-0.05, 0) is 49.0 Å². The highest BCUT2D eigenvalue weighted by atomic mass is 32.1. The van der Waals surface area contributed by atoms with E-state index in [0.29, 0.717) is 42.2 Å². The third-order valence-electron chi connectivity index (χ3n) is 4.52. The molecule has 0 radical (unpaired) electrons. The lowest BCUT2D eigenvalue weighted by molar-refractivity contribution is -0.142. The summed E-state index contributed by atoms with van der Waals surface area (Å²) in [5, 5.41) is 17.0. The van der Waals surface area contributed by atoms with E-state index in [4.69, 9.17) is 9.84 Å². The predicted molar refractivity (Wildman–Crippen MR) is 99.7 cm³/mol. The van der Waals surface area contributed by atoms with Crippen LogP contribution in [0.2, 0.25) is 0 Å². The summed E-state index contributed by atoms with van der Waals surface area (Å²) in [4.78, 5) is 35.4. The molecule has 0 bridgehead atoms. The first kappa shape index (κ1) is 20.2. The molecule has 0 saturated heterocycles. The van der Waals surface area contributed by atoms with E-state index >= 15 is 0 Å². The quantitative estimate of drug-likeness (QED) is 0.653. The van der Waals surface area contributed by atoms with Crippen LogP contribution in [0, 0.1) is 11.8 Å². The number of methoxy groups -OCH3 is 1. The molecular formula is C18H26N2O5S. The number of esters is 1. The molecule has 0 aliphatic heterocycles. The molecule has 8 heteroatoms. The maximum absolute atomic E-state index is 12.3. The Morgan fingerprint density at radius 2 is 1.92 bits per heavy atom. The largest absolute Gasteiger partial charge is 0.481 e. The Labute approximate surface area is 157 Å². The number of hydrogen-bond acceptors (Lipinski definition) is 5. The van der Waals surface area contributed by atoms with Crippen molar-refractivity contribution in [3.63, 3.8) is 0 Å². The van der Waals surface area contributed by atoms with Gasteiger partial charge in [-0.15, -0.1) is 11.3 Å². The van der Waals surface area contributed by atoms with Crippen molar-refractivity contribution in [2.24, 2.45) is 11.8 Å². The van der Waals surface area contributed by atoms with Gasteiger partial charge in [-0.1, -0.05) is 13.8 Å². The van der Waals surface area contributed by atoms with E-state index in [9.17, 15) is 14.4 Å². The van der Waals surface area contributed by atoms with Crippen molar-refractivity contribution in [1.29, 1.82) is 0 Å². The van der Waals surface area contributed by atoms with E-state index in [1.165, 1.54) is 18.4 Å². The lowest BCUT2D eigenvalue weighted by atomic mass is 9.86. The van der Waals surface area contributed by atoms with Crippen molar-refractivity contribution in [3.05, 3.63) is 16.5 Å². The van der Waals surface area contributed by atoms with Gasteiger partial charge in [0, 0.05) is 6.04 Å². The molecular weight excluding hydrogens is 356 g/mol. The van der Waals surface area contributed by atoms with Gasteiger partial charge in [-0.3, -0.25) is 10.1 Å². The molecule has 1 fully saturated rings. The summed E-state index contributed by atoms with van der Waals surface area (Å²) < 4.78 is 4.86. The van der Waals surface area contributed by atoms with Crippen molar-refractivity contribution in [3.8, 4) is 0 Å². The maximum Gasteiger partial charge on any atom is 0.341 e. The van der Waals surface area contributed by atoms with Crippen molar-refractivity contribution in [1.82, 2.24) is 5.32 Å². The van der Waals surface area contributed by atoms with E-state index in [1.54, 1.807) is 0 Å². The molecule has 1 heterocycles. The van der Waals surface area contributed by atoms with Gasteiger partial charge in [0.25, 0.3) is 0 Å². The van der Waals surface area contributed by atoms with Gasteiger partial charge in [-0.2, -0.15) is 0 Å².